The van der Waals surface area contributed by atoms with Crippen LogP contribution in [0.15, 0.2) is 48.8 Å². The summed E-state index contributed by atoms with van der Waals surface area (Å²) in [7, 11) is 0. The Morgan fingerprint density at radius 1 is 1.00 bits per heavy atom. The summed E-state index contributed by atoms with van der Waals surface area (Å²) in [5.41, 5.74) is 5.81. The van der Waals surface area contributed by atoms with Gasteiger partial charge in [-0.1, -0.05) is 30.3 Å². The van der Waals surface area contributed by atoms with Crippen LogP contribution < -0.4 is 11.3 Å². The van der Waals surface area contributed by atoms with E-state index in [0.717, 1.165) is 16.8 Å². The van der Waals surface area contributed by atoms with E-state index in [0.29, 0.717) is 11.3 Å². The second kappa shape index (κ2) is 4.38. The molecular formula is C13H11N5. The van der Waals surface area contributed by atoms with Crippen LogP contribution in [0.3, 0.4) is 0 Å². The molecule has 0 aliphatic rings. The number of hydrogen-bond donors (Lipinski definition) is 2. The van der Waals surface area contributed by atoms with Gasteiger partial charge in [-0.3, -0.25) is 0 Å². The first-order valence-electron chi connectivity index (χ1n) is 5.52. The number of hydrazine groups is 1. The number of pyridine rings is 1. The van der Waals surface area contributed by atoms with Gasteiger partial charge in [0, 0.05) is 11.8 Å². The average molecular weight is 237 g/mol. The number of anilines is 1. The predicted octanol–water partition coefficient (Wildman–Crippen LogP) is 1.98. The highest BCUT2D eigenvalue weighted by Crippen LogP contribution is 2.21. The molecule has 88 valence electrons. The van der Waals surface area contributed by atoms with Gasteiger partial charge in [-0.05, 0) is 6.07 Å². The largest absolute Gasteiger partial charge is 0.307 e. The zero-order valence-electron chi connectivity index (χ0n) is 9.54. The van der Waals surface area contributed by atoms with Gasteiger partial charge in [0.05, 0.1) is 17.4 Å². The molecule has 18 heavy (non-hydrogen) atoms. The van der Waals surface area contributed by atoms with Crippen molar-refractivity contribution in [3.8, 4) is 11.3 Å². The van der Waals surface area contributed by atoms with E-state index < -0.39 is 0 Å². The summed E-state index contributed by atoms with van der Waals surface area (Å²) in [6.07, 6.45) is 3.38. The molecule has 2 heterocycles. The Balaban J connectivity index is 2.18. The van der Waals surface area contributed by atoms with Crippen molar-refractivity contribution < 1.29 is 0 Å². The molecule has 0 unspecified atom stereocenters. The molecule has 0 spiro atoms. The molecular weight excluding hydrogens is 226 g/mol. The van der Waals surface area contributed by atoms with Gasteiger partial charge in [-0.25, -0.2) is 20.8 Å². The minimum Gasteiger partial charge on any atom is -0.307 e. The number of nitrogen functional groups attached to an aromatic ring is 1. The molecule has 3 N–H and O–H groups in total. The van der Waals surface area contributed by atoms with Crippen LogP contribution in [0.1, 0.15) is 0 Å². The number of hydrogen-bond acceptors (Lipinski definition) is 5. The van der Waals surface area contributed by atoms with Gasteiger partial charge in [0.2, 0.25) is 0 Å². The van der Waals surface area contributed by atoms with Crippen LogP contribution in [0.25, 0.3) is 22.3 Å². The molecule has 2 aromatic heterocycles. The van der Waals surface area contributed by atoms with Crippen LogP contribution in [0.4, 0.5) is 5.82 Å². The normalized spacial score (nSPS) is 10.5. The van der Waals surface area contributed by atoms with E-state index >= 15 is 0 Å². The minimum absolute atomic E-state index is 0.527. The van der Waals surface area contributed by atoms with Crippen molar-refractivity contribution in [1.82, 2.24) is 15.0 Å². The Bertz CT molecular complexity index is 681. The molecule has 0 atom stereocenters. The van der Waals surface area contributed by atoms with Gasteiger partial charge in [0.1, 0.15) is 5.52 Å². The first kappa shape index (κ1) is 10.6. The van der Waals surface area contributed by atoms with E-state index in [9.17, 15) is 0 Å². The highest BCUT2D eigenvalue weighted by Gasteiger charge is 2.06. The third kappa shape index (κ3) is 1.76. The smallest absolute Gasteiger partial charge is 0.168 e. The Morgan fingerprint density at radius 2 is 1.83 bits per heavy atom. The Hall–Kier alpha value is -2.53. The van der Waals surface area contributed by atoms with E-state index in [-0.39, 0.29) is 0 Å². The molecule has 3 rings (SSSR count). The number of fused-ring (bicyclic) bond motifs is 1. The molecule has 0 saturated heterocycles. The summed E-state index contributed by atoms with van der Waals surface area (Å²) in [6.45, 7) is 0. The monoisotopic (exact) mass is 237 g/mol. The lowest BCUT2D eigenvalue weighted by molar-refractivity contribution is 1.20. The van der Waals surface area contributed by atoms with Gasteiger partial charge in [-0.15, -0.1) is 0 Å². The lowest BCUT2D eigenvalue weighted by Gasteiger charge is -2.05. The van der Waals surface area contributed by atoms with Gasteiger partial charge in [-0.2, -0.15) is 0 Å². The molecule has 0 radical (unpaired) electrons. The van der Waals surface area contributed by atoms with Gasteiger partial charge < -0.3 is 5.43 Å². The first-order valence-corrected chi connectivity index (χ1v) is 5.52. The average Bonchev–Trinajstić information content (AvgIpc) is 2.47. The lowest BCUT2D eigenvalue weighted by atomic mass is 10.1. The van der Waals surface area contributed by atoms with Crippen LogP contribution in [0.5, 0.6) is 0 Å². The van der Waals surface area contributed by atoms with Crippen molar-refractivity contribution >= 4 is 16.9 Å². The van der Waals surface area contributed by atoms with Crippen LogP contribution in [0, 0.1) is 0 Å². The number of nitrogens with one attached hydrogen (secondary N) is 1. The molecule has 0 amide bonds. The molecule has 0 fully saturated rings. The molecule has 3 aromatic rings. The number of aromatic nitrogens is 3. The van der Waals surface area contributed by atoms with Crippen LogP contribution in [-0.2, 0) is 0 Å². The zero-order chi connectivity index (χ0) is 12.4. The fraction of sp³-hybridized carbons (Fsp3) is 0. The maximum atomic E-state index is 5.38. The molecule has 5 nitrogen and oxygen atoms in total. The van der Waals surface area contributed by atoms with Crippen LogP contribution in [-0.4, -0.2) is 15.0 Å². The van der Waals surface area contributed by atoms with Crippen molar-refractivity contribution in [3.63, 3.8) is 0 Å². The molecule has 0 saturated carbocycles. The summed E-state index contributed by atoms with van der Waals surface area (Å²) in [4.78, 5) is 13.0. The quantitative estimate of drug-likeness (QED) is 0.526. The molecule has 5 heteroatoms. The Kier molecular flexibility index (Phi) is 2.59. The predicted molar refractivity (Wildman–Crippen MR) is 70.6 cm³/mol. The standard InChI is InChI=1S/C13H11N5/c14-18-13-12-10(6-7-15-13)17-11(8-16-12)9-4-2-1-3-5-9/h1-8H,14H2,(H,15,18). The highest BCUT2D eigenvalue weighted by molar-refractivity contribution is 5.86. The molecule has 0 bridgehead atoms. The van der Waals surface area contributed by atoms with Crippen LogP contribution in [0.2, 0.25) is 0 Å². The number of benzene rings is 1. The third-order valence-corrected chi connectivity index (χ3v) is 2.67. The summed E-state index contributed by atoms with van der Waals surface area (Å²) in [6, 6.07) is 11.7. The number of nitrogens with two attached hydrogens (primary N) is 1. The molecule has 1 aromatic carbocycles. The topological polar surface area (TPSA) is 76.7 Å². The van der Waals surface area contributed by atoms with E-state index in [1.165, 1.54) is 0 Å². The lowest BCUT2D eigenvalue weighted by Crippen LogP contribution is -2.09. The Morgan fingerprint density at radius 3 is 2.61 bits per heavy atom. The fourth-order valence-electron chi connectivity index (χ4n) is 1.80. The van der Waals surface area contributed by atoms with E-state index in [1.54, 1.807) is 12.4 Å². The van der Waals surface area contributed by atoms with Gasteiger partial charge in [0.25, 0.3) is 0 Å². The van der Waals surface area contributed by atoms with E-state index in [2.05, 4.69) is 20.4 Å². The number of rotatable bonds is 2. The van der Waals surface area contributed by atoms with Crippen molar-refractivity contribution in [3.05, 3.63) is 48.8 Å². The maximum absolute atomic E-state index is 5.38. The minimum atomic E-state index is 0.527. The van der Waals surface area contributed by atoms with E-state index in [4.69, 9.17) is 5.84 Å². The van der Waals surface area contributed by atoms with Crippen molar-refractivity contribution in [1.29, 1.82) is 0 Å². The molecule has 0 aliphatic carbocycles. The SMILES string of the molecule is NNc1nccc2nc(-c3ccccc3)cnc12. The van der Waals surface area contributed by atoms with Gasteiger partial charge in [0.15, 0.2) is 5.82 Å². The third-order valence-electron chi connectivity index (χ3n) is 2.67. The van der Waals surface area contributed by atoms with Crippen molar-refractivity contribution in [2.75, 3.05) is 5.43 Å². The second-order valence-corrected chi connectivity index (χ2v) is 3.79. The highest BCUT2D eigenvalue weighted by atomic mass is 15.3. The second-order valence-electron chi connectivity index (χ2n) is 3.79. The number of nitrogens with zero attached hydrogens (tertiary/aromatic N) is 3. The van der Waals surface area contributed by atoms with Crippen molar-refractivity contribution in [2.24, 2.45) is 5.84 Å². The fourth-order valence-corrected chi connectivity index (χ4v) is 1.80. The first-order chi connectivity index (χ1) is 8.88. The summed E-state index contributed by atoms with van der Waals surface area (Å²) < 4.78 is 0. The van der Waals surface area contributed by atoms with E-state index in [1.807, 2.05) is 36.4 Å². The van der Waals surface area contributed by atoms with Crippen molar-refractivity contribution in [2.45, 2.75) is 0 Å². The summed E-state index contributed by atoms with van der Waals surface area (Å²) in [5.74, 6) is 5.91. The molecule has 0 aliphatic heterocycles. The summed E-state index contributed by atoms with van der Waals surface area (Å²) in [5, 5.41) is 0. The maximum Gasteiger partial charge on any atom is 0.168 e. The Labute approximate surface area is 104 Å². The summed E-state index contributed by atoms with van der Waals surface area (Å²) >= 11 is 0. The van der Waals surface area contributed by atoms with Crippen LogP contribution >= 0.6 is 0 Å². The van der Waals surface area contributed by atoms with Gasteiger partial charge >= 0.3 is 0 Å². The zero-order valence-corrected chi connectivity index (χ0v) is 9.54.